The van der Waals surface area contributed by atoms with Gasteiger partial charge in [0.1, 0.15) is 22.7 Å². The molecule has 2 aromatic carbocycles. The zero-order valence-electron chi connectivity index (χ0n) is 20.6. The molecule has 1 fully saturated rings. The SMILES string of the molecule is CC(=O)[C@]1(O)Cc2c(O)c3c(c(O)c2[C@@](C)(OC2CC(N)C(O)C(C)O2)C1)C(=O)c1ccccc1C3=O. The molecule has 10 nitrogen and oxygen atoms in total. The molecule has 2 aliphatic carbocycles. The van der Waals surface area contributed by atoms with Gasteiger partial charge in [0.05, 0.1) is 23.3 Å². The molecule has 1 saturated heterocycles. The third-order valence-electron chi connectivity index (χ3n) is 7.84. The summed E-state index contributed by atoms with van der Waals surface area (Å²) in [6, 6.07) is 5.39. The van der Waals surface area contributed by atoms with E-state index < -0.39 is 71.0 Å². The van der Waals surface area contributed by atoms with Gasteiger partial charge in [0, 0.05) is 47.6 Å². The molecule has 1 aliphatic heterocycles. The maximum atomic E-state index is 13.4. The van der Waals surface area contributed by atoms with Crippen LogP contribution in [0, 0.1) is 0 Å². The van der Waals surface area contributed by atoms with Gasteiger partial charge in [-0.05, 0) is 20.8 Å². The van der Waals surface area contributed by atoms with Crippen LogP contribution in [0.4, 0.5) is 0 Å². The fourth-order valence-corrected chi connectivity index (χ4v) is 5.91. The summed E-state index contributed by atoms with van der Waals surface area (Å²) in [5, 5.41) is 44.3. The first kappa shape index (κ1) is 25.5. The van der Waals surface area contributed by atoms with Crippen molar-refractivity contribution in [1.29, 1.82) is 0 Å². The van der Waals surface area contributed by atoms with Crippen LogP contribution < -0.4 is 5.73 Å². The first-order valence-corrected chi connectivity index (χ1v) is 12.1. The molecule has 3 aliphatic rings. The van der Waals surface area contributed by atoms with E-state index in [1.165, 1.54) is 26.0 Å². The van der Waals surface area contributed by atoms with Crippen LogP contribution >= 0.6 is 0 Å². The Bertz CT molecular complexity index is 1340. The quantitative estimate of drug-likeness (QED) is 0.321. The highest BCUT2D eigenvalue weighted by atomic mass is 16.7. The van der Waals surface area contributed by atoms with E-state index in [-0.39, 0.29) is 46.2 Å². The smallest absolute Gasteiger partial charge is 0.198 e. The van der Waals surface area contributed by atoms with Gasteiger partial charge in [-0.2, -0.15) is 0 Å². The van der Waals surface area contributed by atoms with Gasteiger partial charge in [0.2, 0.25) is 0 Å². The number of hydrogen-bond donors (Lipinski definition) is 5. The van der Waals surface area contributed by atoms with E-state index in [2.05, 4.69) is 0 Å². The lowest BCUT2D eigenvalue weighted by Crippen LogP contribution is -2.55. The minimum absolute atomic E-state index is 0.0221. The maximum Gasteiger partial charge on any atom is 0.198 e. The maximum absolute atomic E-state index is 13.4. The average Bonchev–Trinajstić information content (AvgIpc) is 2.82. The second kappa shape index (κ2) is 8.44. The number of benzene rings is 2. The number of phenolic OH excluding ortho intramolecular Hbond substituents is 2. The Morgan fingerprint density at radius 1 is 1.11 bits per heavy atom. The molecule has 4 unspecified atom stereocenters. The lowest BCUT2D eigenvalue weighted by molar-refractivity contribution is -0.273. The number of carbonyl (C=O) groups is 3. The zero-order chi connectivity index (χ0) is 27.0. The van der Waals surface area contributed by atoms with Crippen LogP contribution in [0.3, 0.4) is 0 Å². The van der Waals surface area contributed by atoms with E-state index >= 15 is 0 Å². The van der Waals surface area contributed by atoms with Crippen LogP contribution in [0.25, 0.3) is 0 Å². The summed E-state index contributed by atoms with van der Waals surface area (Å²) in [7, 11) is 0. The molecule has 37 heavy (non-hydrogen) atoms. The Morgan fingerprint density at radius 2 is 1.68 bits per heavy atom. The largest absolute Gasteiger partial charge is 0.507 e. The molecule has 10 heteroatoms. The highest BCUT2D eigenvalue weighted by molar-refractivity contribution is 6.30. The molecule has 6 atom stereocenters. The fourth-order valence-electron chi connectivity index (χ4n) is 5.91. The lowest BCUT2D eigenvalue weighted by atomic mass is 9.67. The van der Waals surface area contributed by atoms with Crippen LogP contribution in [0.1, 0.15) is 76.6 Å². The molecule has 0 spiro atoms. The number of phenols is 2. The van der Waals surface area contributed by atoms with Crippen molar-refractivity contribution in [2.75, 3.05) is 0 Å². The van der Waals surface area contributed by atoms with Gasteiger partial charge in [-0.1, -0.05) is 24.3 Å². The number of hydrogen-bond acceptors (Lipinski definition) is 10. The third-order valence-corrected chi connectivity index (χ3v) is 7.84. The van der Waals surface area contributed by atoms with E-state index in [0.29, 0.717) is 0 Å². The molecule has 6 N–H and O–H groups in total. The Hall–Kier alpha value is -3.15. The third kappa shape index (κ3) is 3.71. The van der Waals surface area contributed by atoms with Gasteiger partial charge in [-0.3, -0.25) is 14.4 Å². The molecule has 0 bridgehead atoms. The topological polar surface area (TPSA) is 177 Å². The van der Waals surface area contributed by atoms with Crippen LogP contribution in [0.5, 0.6) is 11.5 Å². The summed E-state index contributed by atoms with van der Waals surface area (Å²) in [5.74, 6) is -3.10. The van der Waals surface area contributed by atoms with Gasteiger partial charge >= 0.3 is 0 Å². The van der Waals surface area contributed by atoms with Crippen molar-refractivity contribution in [3.8, 4) is 11.5 Å². The Morgan fingerprint density at radius 3 is 2.22 bits per heavy atom. The minimum Gasteiger partial charge on any atom is -0.507 e. The van der Waals surface area contributed by atoms with Gasteiger partial charge in [0.25, 0.3) is 0 Å². The van der Waals surface area contributed by atoms with Gasteiger partial charge in [-0.15, -0.1) is 0 Å². The van der Waals surface area contributed by atoms with Crippen LogP contribution in [0.2, 0.25) is 0 Å². The van der Waals surface area contributed by atoms with E-state index in [0.717, 1.165) is 0 Å². The summed E-state index contributed by atoms with van der Waals surface area (Å²) in [6.07, 6.45) is -3.30. The highest BCUT2D eigenvalue weighted by Gasteiger charge is 2.54. The van der Waals surface area contributed by atoms with Gasteiger partial charge in [0.15, 0.2) is 23.6 Å². The van der Waals surface area contributed by atoms with Crippen molar-refractivity contribution in [3.63, 3.8) is 0 Å². The standard InChI is InChI=1S/C27H29NO9/c1-11-21(30)16(28)8-17(36-11)37-26(3)10-27(35,12(2)29)9-15-20(26)25(34)19-18(24(15)33)22(31)13-6-4-5-7-14(13)23(19)32/h4-7,11,16-17,21,30,33-35H,8-10,28H2,1-3H3/t11?,16?,17?,21?,26-,27-/m0/s1. The summed E-state index contributed by atoms with van der Waals surface area (Å²) < 4.78 is 12.0. The number of aliphatic hydroxyl groups excluding tert-OH is 1. The van der Waals surface area contributed by atoms with Gasteiger partial charge < -0.3 is 35.6 Å². The monoisotopic (exact) mass is 511 g/mol. The molecule has 0 amide bonds. The average molecular weight is 512 g/mol. The predicted octanol–water partition coefficient (Wildman–Crippen LogP) is 1.19. The molecule has 196 valence electrons. The molecule has 0 saturated carbocycles. The highest BCUT2D eigenvalue weighted by Crippen LogP contribution is 2.54. The minimum atomic E-state index is -2.01. The van der Waals surface area contributed by atoms with E-state index in [4.69, 9.17) is 15.2 Å². The number of nitrogens with two attached hydrogens (primary N) is 1. The zero-order valence-corrected chi connectivity index (χ0v) is 20.6. The normalized spacial score (nSPS) is 32.9. The molecular weight excluding hydrogens is 482 g/mol. The number of fused-ring (bicyclic) bond motifs is 3. The Kier molecular flexibility index (Phi) is 5.81. The second-order valence-corrected chi connectivity index (χ2v) is 10.5. The molecule has 0 aromatic heterocycles. The van der Waals surface area contributed by atoms with Crippen molar-refractivity contribution < 1.29 is 44.3 Å². The lowest BCUT2D eigenvalue weighted by Gasteiger charge is -2.47. The Labute approximate surface area is 212 Å². The van der Waals surface area contributed by atoms with Crippen molar-refractivity contribution in [2.45, 2.75) is 75.8 Å². The molecule has 5 rings (SSSR count). The van der Waals surface area contributed by atoms with Crippen molar-refractivity contribution in [1.82, 2.24) is 0 Å². The summed E-state index contributed by atoms with van der Waals surface area (Å²) in [6.45, 7) is 4.31. The first-order valence-electron chi connectivity index (χ1n) is 12.1. The number of carbonyl (C=O) groups excluding carboxylic acids is 3. The number of aliphatic hydroxyl groups is 2. The van der Waals surface area contributed by atoms with E-state index in [9.17, 15) is 34.8 Å². The second-order valence-electron chi connectivity index (χ2n) is 10.5. The number of rotatable bonds is 3. The number of ketones is 3. The first-order chi connectivity index (χ1) is 17.3. The molecule has 2 aromatic rings. The van der Waals surface area contributed by atoms with Crippen molar-refractivity contribution >= 4 is 17.3 Å². The number of Topliss-reactive ketones (excluding diaryl/α,β-unsaturated/α-hetero) is 1. The Balaban J connectivity index is 1.72. The van der Waals surface area contributed by atoms with E-state index in [1.807, 2.05) is 0 Å². The summed E-state index contributed by atoms with van der Waals surface area (Å²) in [5.41, 5.74) is 1.68. The van der Waals surface area contributed by atoms with E-state index in [1.54, 1.807) is 19.1 Å². The molecule has 1 heterocycles. The summed E-state index contributed by atoms with van der Waals surface area (Å²) >= 11 is 0. The van der Waals surface area contributed by atoms with Crippen molar-refractivity contribution in [3.05, 3.63) is 57.6 Å². The van der Waals surface area contributed by atoms with Gasteiger partial charge in [-0.25, -0.2) is 0 Å². The number of aromatic hydroxyl groups is 2. The van der Waals surface area contributed by atoms with Crippen LogP contribution in [-0.2, 0) is 26.3 Å². The van der Waals surface area contributed by atoms with Crippen LogP contribution in [-0.4, -0.2) is 67.9 Å². The predicted molar refractivity (Wildman–Crippen MR) is 128 cm³/mol. The molecule has 0 radical (unpaired) electrons. The fraction of sp³-hybridized carbons (Fsp3) is 0.444. The molecular formula is C27H29NO9. The van der Waals surface area contributed by atoms with Crippen molar-refractivity contribution in [2.24, 2.45) is 5.73 Å². The number of ether oxygens (including phenoxy) is 2. The van der Waals surface area contributed by atoms with Crippen LogP contribution in [0.15, 0.2) is 24.3 Å². The summed E-state index contributed by atoms with van der Waals surface area (Å²) in [4.78, 5) is 39.3.